The molecular formula is C26H29N3O3S. The Morgan fingerprint density at radius 3 is 2.27 bits per heavy atom. The Balaban J connectivity index is 1.53. The van der Waals surface area contributed by atoms with Gasteiger partial charge in [-0.25, -0.2) is 8.42 Å². The Bertz CT molecular complexity index is 1190. The van der Waals surface area contributed by atoms with Crippen LogP contribution in [0.5, 0.6) is 0 Å². The maximum absolute atomic E-state index is 13.4. The van der Waals surface area contributed by atoms with Gasteiger partial charge in [0.2, 0.25) is 5.91 Å². The van der Waals surface area contributed by atoms with E-state index in [0.29, 0.717) is 11.4 Å². The van der Waals surface area contributed by atoms with E-state index in [1.165, 1.54) is 31.4 Å². The van der Waals surface area contributed by atoms with Crippen molar-refractivity contribution in [3.8, 4) is 0 Å². The number of hydrogen-bond acceptors (Lipinski definition) is 4. The van der Waals surface area contributed by atoms with E-state index in [1.807, 2.05) is 37.3 Å². The van der Waals surface area contributed by atoms with Crippen LogP contribution in [-0.2, 0) is 14.8 Å². The van der Waals surface area contributed by atoms with Crippen LogP contribution in [0, 0.1) is 6.92 Å². The molecule has 1 aliphatic rings. The van der Waals surface area contributed by atoms with Crippen molar-refractivity contribution in [3.05, 3.63) is 84.4 Å². The summed E-state index contributed by atoms with van der Waals surface area (Å²) in [5, 5.41) is 2.85. The number of carbonyl (C=O) groups is 1. The summed E-state index contributed by atoms with van der Waals surface area (Å²) in [7, 11) is -3.91. The molecule has 0 aliphatic carbocycles. The average Bonchev–Trinajstić information content (AvgIpc) is 2.84. The van der Waals surface area contributed by atoms with Crippen molar-refractivity contribution >= 4 is 33.0 Å². The fraction of sp³-hybridized carbons (Fsp3) is 0.269. The van der Waals surface area contributed by atoms with E-state index in [1.54, 1.807) is 36.4 Å². The van der Waals surface area contributed by atoms with E-state index in [0.717, 1.165) is 28.6 Å². The van der Waals surface area contributed by atoms with Crippen molar-refractivity contribution in [1.29, 1.82) is 0 Å². The highest BCUT2D eigenvalue weighted by Gasteiger charge is 2.27. The van der Waals surface area contributed by atoms with E-state index < -0.39 is 15.9 Å². The first-order valence-electron chi connectivity index (χ1n) is 11.2. The number of carbonyl (C=O) groups excluding carboxylic acids is 1. The van der Waals surface area contributed by atoms with Gasteiger partial charge < -0.3 is 10.2 Å². The van der Waals surface area contributed by atoms with Gasteiger partial charge in [0.25, 0.3) is 10.0 Å². The highest BCUT2D eigenvalue weighted by atomic mass is 32.2. The van der Waals surface area contributed by atoms with Crippen LogP contribution in [0.2, 0.25) is 0 Å². The van der Waals surface area contributed by atoms with Gasteiger partial charge in [0, 0.05) is 24.5 Å². The maximum atomic E-state index is 13.4. The van der Waals surface area contributed by atoms with Crippen LogP contribution < -0.4 is 14.5 Å². The van der Waals surface area contributed by atoms with Crippen molar-refractivity contribution in [1.82, 2.24) is 0 Å². The lowest BCUT2D eigenvalue weighted by molar-refractivity contribution is -0.114. The number of rotatable bonds is 7. The van der Waals surface area contributed by atoms with Gasteiger partial charge >= 0.3 is 0 Å². The van der Waals surface area contributed by atoms with Gasteiger partial charge in [-0.1, -0.05) is 30.3 Å². The third kappa shape index (κ3) is 5.54. The fourth-order valence-electron chi connectivity index (χ4n) is 4.06. The SMILES string of the molecule is Cc1cccc(N(CC(=O)Nc2ccc(N3CCCCC3)cc2)S(=O)(=O)c2ccccc2)c1. The quantitative estimate of drug-likeness (QED) is 0.545. The Morgan fingerprint density at radius 1 is 0.909 bits per heavy atom. The summed E-state index contributed by atoms with van der Waals surface area (Å²) < 4.78 is 27.9. The molecule has 172 valence electrons. The fourth-order valence-corrected chi connectivity index (χ4v) is 5.49. The monoisotopic (exact) mass is 463 g/mol. The second-order valence-electron chi connectivity index (χ2n) is 8.31. The third-order valence-electron chi connectivity index (χ3n) is 5.78. The highest BCUT2D eigenvalue weighted by Crippen LogP contribution is 2.25. The van der Waals surface area contributed by atoms with Crippen molar-refractivity contribution in [3.63, 3.8) is 0 Å². The van der Waals surface area contributed by atoms with Gasteiger partial charge in [0.15, 0.2) is 0 Å². The van der Waals surface area contributed by atoms with E-state index in [-0.39, 0.29) is 11.4 Å². The predicted octanol–water partition coefficient (Wildman–Crippen LogP) is 4.82. The summed E-state index contributed by atoms with van der Waals surface area (Å²) in [4.78, 5) is 15.4. The number of anilines is 3. The summed E-state index contributed by atoms with van der Waals surface area (Å²) in [6.07, 6.45) is 3.67. The number of amides is 1. The zero-order chi connectivity index (χ0) is 23.3. The maximum Gasteiger partial charge on any atom is 0.264 e. The second kappa shape index (κ2) is 10.1. The van der Waals surface area contributed by atoms with Crippen LogP contribution in [0.1, 0.15) is 24.8 Å². The first-order valence-corrected chi connectivity index (χ1v) is 12.7. The van der Waals surface area contributed by atoms with Crippen LogP contribution in [0.25, 0.3) is 0 Å². The van der Waals surface area contributed by atoms with Gasteiger partial charge in [0.05, 0.1) is 10.6 Å². The summed E-state index contributed by atoms with van der Waals surface area (Å²) in [5.74, 6) is -0.401. The predicted molar refractivity (Wildman–Crippen MR) is 133 cm³/mol. The molecule has 0 saturated carbocycles. The number of sulfonamides is 1. The molecule has 0 spiro atoms. The minimum Gasteiger partial charge on any atom is -0.372 e. The second-order valence-corrected chi connectivity index (χ2v) is 10.2. The number of nitrogens with one attached hydrogen (secondary N) is 1. The van der Waals surface area contributed by atoms with Crippen LogP contribution in [-0.4, -0.2) is 34.0 Å². The molecule has 3 aromatic carbocycles. The molecule has 6 nitrogen and oxygen atoms in total. The van der Waals surface area contributed by atoms with E-state index in [2.05, 4.69) is 10.2 Å². The van der Waals surface area contributed by atoms with Crippen molar-refractivity contribution in [2.45, 2.75) is 31.1 Å². The van der Waals surface area contributed by atoms with Gasteiger partial charge in [-0.2, -0.15) is 0 Å². The van der Waals surface area contributed by atoms with Gasteiger partial charge in [-0.05, 0) is 80.3 Å². The van der Waals surface area contributed by atoms with Crippen molar-refractivity contribution < 1.29 is 13.2 Å². The lowest BCUT2D eigenvalue weighted by Crippen LogP contribution is -2.38. The van der Waals surface area contributed by atoms with Crippen LogP contribution >= 0.6 is 0 Å². The molecule has 0 radical (unpaired) electrons. The van der Waals surface area contributed by atoms with Crippen molar-refractivity contribution in [2.75, 3.05) is 34.2 Å². The average molecular weight is 464 g/mol. The zero-order valence-electron chi connectivity index (χ0n) is 18.8. The molecule has 0 aromatic heterocycles. The van der Waals surface area contributed by atoms with E-state index in [9.17, 15) is 13.2 Å². The standard InChI is InChI=1S/C26H29N3O3S/c1-21-9-8-10-24(19-21)29(33(31,32)25-11-4-2-5-12-25)20-26(30)27-22-13-15-23(16-14-22)28-17-6-3-7-18-28/h2,4-5,8-16,19H,3,6-7,17-18,20H2,1H3,(H,27,30). The smallest absolute Gasteiger partial charge is 0.264 e. The van der Waals surface area contributed by atoms with Crippen LogP contribution in [0.3, 0.4) is 0 Å². The molecule has 7 heteroatoms. The lowest BCUT2D eigenvalue weighted by Gasteiger charge is -2.29. The lowest BCUT2D eigenvalue weighted by atomic mass is 10.1. The molecule has 0 bridgehead atoms. The zero-order valence-corrected chi connectivity index (χ0v) is 19.6. The summed E-state index contributed by atoms with van der Waals surface area (Å²) in [6, 6.07) is 23.1. The van der Waals surface area contributed by atoms with Gasteiger partial charge in [-0.15, -0.1) is 0 Å². The minimum atomic E-state index is -3.91. The summed E-state index contributed by atoms with van der Waals surface area (Å²) >= 11 is 0. The molecular weight excluding hydrogens is 434 g/mol. The summed E-state index contributed by atoms with van der Waals surface area (Å²) in [5.41, 5.74) is 3.15. The molecule has 1 amide bonds. The first-order chi connectivity index (χ1) is 15.9. The number of piperidine rings is 1. The number of hydrogen-bond donors (Lipinski definition) is 1. The Hall–Kier alpha value is -3.32. The highest BCUT2D eigenvalue weighted by molar-refractivity contribution is 7.92. The van der Waals surface area contributed by atoms with Crippen molar-refractivity contribution in [2.24, 2.45) is 0 Å². The molecule has 1 aliphatic heterocycles. The largest absolute Gasteiger partial charge is 0.372 e. The van der Waals surface area contributed by atoms with Gasteiger partial charge in [0.1, 0.15) is 6.54 Å². The summed E-state index contributed by atoms with van der Waals surface area (Å²) in [6.45, 7) is 3.67. The molecule has 33 heavy (non-hydrogen) atoms. The molecule has 1 fully saturated rings. The Labute approximate surface area is 195 Å². The molecule has 0 unspecified atom stereocenters. The topological polar surface area (TPSA) is 69.7 Å². The first kappa shape index (κ1) is 22.9. The van der Waals surface area contributed by atoms with Crippen LogP contribution in [0.4, 0.5) is 17.1 Å². The minimum absolute atomic E-state index is 0.144. The Morgan fingerprint density at radius 2 is 1.61 bits per heavy atom. The van der Waals surface area contributed by atoms with E-state index in [4.69, 9.17) is 0 Å². The Kier molecular flexibility index (Phi) is 6.99. The van der Waals surface area contributed by atoms with Crippen LogP contribution in [0.15, 0.2) is 83.8 Å². The molecule has 1 heterocycles. The molecule has 3 aromatic rings. The molecule has 4 rings (SSSR count). The number of nitrogens with zero attached hydrogens (tertiary/aromatic N) is 2. The molecule has 1 saturated heterocycles. The normalized spacial score (nSPS) is 14.0. The molecule has 0 atom stereocenters. The van der Waals surface area contributed by atoms with E-state index >= 15 is 0 Å². The number of benzene rings is 3. The molecule has 1 N–H and O–H groups in total. The van der Waals surface area contributed by atoms with Gasteiger partial charge in [-0.3, -0.25) is 9.10 Å². The third-order valence-corrected chi connectivity index (χ3v) is 7.57. The number of aryl methyl sites for hydroxylation is 1.